The Morgan fingerprint density at radius 2 is 1.70 bits per heavy atom. The van der Waals surface area contributed by atoms with Crippen molar-refractivity contribution in [3.63, 3.8) is 0 Å². The van der Waals surface area contributed by atoms with Gasteiger partial charge >= 0.3 is 0 Å². The summed E-state index contributed by atoms with van der Waals surface area (Å²) in [5.41, 5.74) is 8.14. The Balaban J connectivity index is 1.62. The number of hydrogen-bond acceptors (Lipinski definition) is 5. The smallest absolute Gasteiger partial charge is 0.205 e. The van der Waals surface area contributed by atoms with Crippen molar-refractivity contribution in [1.82, 2.24) is 35.2 Å². The Labute approximate surface area is 173 Å². The summed E-state index contributed by atoms with van der Waals surface area (Å²) in [5, 5.41) is 14.5. The summed E-state index contributed by atoms with van der Waals surface area (Å²) in [6.07, 6.45) is 0.830. The van der Waals surface area contributed by atoms with Crippen molar-refractivity contribution >= 4 is 11.2 Å². The predicted molar refractivity (Wildman–Crippen MR) is 116 cm³/mol. The summed E-state index contributed by atoms with van der Waals surface area (Å²) >= 11 is 0. The van der Waals surface area contributed by atoms with E-state index >= 15 is 0 Å². The van der Waals surface area contributed by atoms with Crippen molar-refractivity contribution in [1.29, 1.82) is 0 Å². The Morgan fingerprint density at radius 3 is 2.40 bits per heavy atom. The third-order valence-electron chi connectivity index (χ3n) is 5.41. The van der Waals surface area contributed by atoms with Gasteiger partial charge in [-0.15, -0.1) is 10.2 Å². The first-order valence-corrected chi connectivity index (χ1v) is 9.95. The van der Waals surface area contributed by atoms with Crippen LogP contribution in [0.3, 0.4) is 0 Å². The third-order valence-corrected chi connectivity index (χ3v) is 5.41. The molecule has 5 aromatic rings. The molecule has 2 aromatic carbocycles. The van der Waals surface area contributed by atoms with Gasteiger partial charge in [-0.05, 0) is 54.0 Å². The van der Waals surface area contributed by atoms with Crippen molar-refractivity contribution in [2.45, 2.75) is 27.2 Å². The van der Waals surface area contributed by atoms with E-state index in [2.05, 4.69) is 75.4 Å². The fourth-order valence-electron chi connectivity index (χ4n) is 3.74. The van der Waals surface area contributed by atoms with E-state index in [1.54, 1.807) is 0 Å². The zero-order valence-corrected chi connectivity index (χ0v) is 17.1. The number of fused-ring (bicyclic) bond motifs is 1. The van der Waals surface area contributed by atoms with Crippen molar-refractivity contribution in [3.8, 4) is 28.2 Å². The molecule has 0 bridgehead atoms. The molecule has 7 heteroatoms. The van der Waals surface area contributed by atoms with E-state index < -0.39 is 0 Å². The first kappa shape index (κ1) is 18.2. The number of H-pyrrole nitrogens is 1. The molecule has 0 fully saturated rings. The molecule has 0 spiro atoms. The summed E-state index contributed by atoms with van der Waals surface area (Å²) in [7, 11) is 0. The molecule has 148 valence electrons. The first-order chi connectivity index (χ1) is 14.7. The number of nitrogens with zero attached hydrogens (tertiary/aromatic N) is 6. The van der Waals surface area contributed by atoms with Gasteiger partial charge in [0.25, 0.3) is 0 Å². The fourth-order valence-corrected chi connectivity index (χ4v) is 3.74. The number of benzene rings is 2. The van der Waals surface area contributed by atoms with Crippen LogP contribution in [0.1, 0.15) is 24.0 Å². The van der Waals surface area contributed by atoms with Crippen molar-refractivity contribution < 1.29 is 0 Å². The van der Waals surface area contributed by atoms with Crippen LogP contribution in [0.4, 0.5) is 0 Å². The molecule has 30 heavy (non-hydrogen) atoms. The molecule has 3 aromatic heterocycles. The first-order valence-electron chi connectivity index (χ1n) is 9.95. The maximum atomic E-state index is 4.82. The highest BCUT2D eigenvalue weighted by molar-refractivity contribution is 5.81. The number of tetrazole rings is 1. The zero-order chi connectivity index (χ0) is 20.7. The Morgan fingerprint density at radius 1 is 0.933 bits per heavy atom. The van der Waals surface area contributed by atoms with Gasteiger partial charge in [-0.25, -0.2) is 9.97 Å². The average molecular weight is 395 g/mol. The summed E-state index contributed by atoms with van der Waals surface area (Å²) in [6, 6.07) is 18.6. The van der Waals surface area contributed by atoms with Crippen LogP contribution in [0.2, 0.25) is 0 Å². The highest BCUT2D eigenvalue weighted by Crippen LogP contribution is 2.31. The van der Waals surface area contributed by atoms with Crippen LogP contribution in [0.25, 0.3) is 39.4 Å². The van der Waals surface area contributed by atoms with Crippen molar-refractivity contribution in [3.05, 3.63) is 71.7 Å². The van der Waals surface area contributed by atoms with E-state index in [0.29, 0.717) is 5.82 Å². The molecule has 0 amide bonds. The molecule has 3 heterocycles. The lowest BCUT2D eigenvalue weighted by Crippen LogP contribution is -2.01. The van der Waals surface area contributed by atoms with E-state index in [9.17, 15) is 0 Å². The molecule has 0 atom stereocenters. The van der Waals surface area contributed by atoms with Crippen LogP contribution in [-0.2, 0) is 6.42 Å². The van der Waals surface area contributed by atoms with Gasteiger partial charge in [0.1, 0.15) is 11.3 Å². The summed E-state index contributed by atoms with van der Waals surface area (Å²) in [5.74, 6) is 1.58. The van der Waals surface area contributed by atoms with E-state index in [0.717, 1.165) is 57.0 Å². The molecule has 0 aliphatic carbocycles. The fraction of sp³-hybridized carbons (Fsp3) is 0.174. The van der Waals surface area contributed by atoms with E-state index in [1.165, 1.54) is 0 Å². The number of aromatic amines is 1. The van der Waals surface area contributed by atoms with Gasteiger partial charge in [-0.1, -0.05) is 43.3 Å². The number of aryl methyl sites for hydroxylation is 3. The highest BCUT2D eigenvalue weighted by atomic mass is 15.5. The van der Waals surface area contributed by atoms with Crippen molar-refractivity contribution in [2.24, 2.45) is 0 Å². The lowest BCUT2D eigenvalue weighted by Gasteiger charge is -2.11. The maximum absolute atomic E-state index is 4.82. The second-order valence-corrected chi connectivity index (χ2v) is 7.28. The predicted octanol–water partition coefficient (Wildman–Crippen LogP) is 4.45. The van der Waals surface area contributed by atoms with E-state index in [1.807, 2.05) is 25.1 Å². The van der Waals surface area contributed by atoms with E-state index in [-0.39, 0.29) is 0 Å². The van der Waals surface area contributed by atoms with Crippen LogP contribution < -0.4 is 0 Å². The Kier molecular flexibility index (Phi) is 4.35. The van der Waals surface area contributed by atoms with Crippen LogP contribution in [0.5, 0.6) is 0 Å². The topological polar surface area (TPSA) is 85.2 Å². The van der Waals surface area contributed by atoms with Gasteiger partial charge in [0, 0.05) is 23.4 Å². The lowest BCUT2D eigenvalue weighted by atomic mass is 9.99. The van der Waals surface area contributed by atoms with Crippen LogP contribution >= 0.6 is 0 Å². The molecule has 0 unspecified atom stereocenters. The molecule has 0 saturated carbocycles. The van der Waals surface area contributed by atoms with Crippen LogP contribution in [0, 0.1) is 13.8 Å². The van der Waals surface area contributed by atoms with Crippen LogP contribution in [-0.4, -0.2) is 35.2 Å². The van der Waals surface area contributed by atoms with Gasteiger partial charge in [-0.2, -0.15) is 5.21 Å². The number of rotatable bonds is 4. The minimum absolute atomic E-state index is 0.582. The van der Waals surface area contributed by atoms with E-state index in [4.69, 9.17) is 9.97 Å². The summed E-state index contributed by atoms with van der Waals surface area (Å²) < 4.78 is 2.15. The SMILES string of the molecule is CCc1nc2cc(C)c(C)nc2n1-c1ccc(-c2ccccc2-c2nn[nH]n2)cc1. The molecule has 7 nitrogen and oxygen atoms in total. The molecule has 0 saturated heterocycles. The Hall–Kier alpha value is -3.87. The third kappa shape index (κ3) is 2.95. The maximum Gasteiger partial charge on any atom is 0.205 e. The standard InChI is InChI=1S/C23H21N7/c1-4-21-25-20-13-14(2)15(3)24-23(20)30(21)17-11-9-16(10-12-17)18-7-5-6-8-19(18)22-26-28-29-27-22/h5-13H,4H2,1-3H3,(H,26,27,28,29). The number of hydrogen-bond donors (Lipinski definition) is 1. The molecular formula is C23H21N7. The highest BCUT2D eigenvalue weighted by Gasteiger charge is 2.15. The lowest BCUT2D eigenvalue weighted by molar-refractivity contribution is 0.881. The summed E-state index contributed by atoms with van der Waals surface area (Å²) in [4.78, 5) is 9.63. The molecule has 0 radical (unpaired) electrons. The van der Waals surface area contributed by atoms with Gasteiger partial charge in [0.2, 0.25) is 5.82 Å². The quantitative estimate of drug-likeness (QED) is 0.486. The molecule has 0 aliphatic heterocycles. The molecular weight excluding hydrogens is 374 g/mol. The molecule has 0 aliphatic rings. The normalized spacial score (nSPS) is 11.3. The van der Waals surface area contributed by atoms with Gasteiger partial charge in [-0.3, -0.25) is 4.57 Å². The number of nitrogens with one attached hydrogen (secondary N) is 1. The second kappa shape index (κ2) is 7.18. The summed E-state index contributed by atoms with van der Waals surface area (Å²) in [6.45, 7) is 6.23. The van der Waals surface area contributed by atoms with Gasteiger partial charge in [0.05, 0.1) is 0 Å². The van der Waals surface area contributed by atoms with Crippen LogP contribution in [0.15, 0.2) is 54.6 Å². The van der Waals surface area contributed by atoms with Gasteiger partial charge in [0.15, 0.2) is 5.65 Å². The monoisotopic (exact) mass is 395 g/mol. The van der Waals surface area contributed by atoms with Gasteiger partial charge < -0.3 is 0 Å². The molecule has 5 rings (SSSR count). The minimum Gasteiger partial charge on any atom is -0.281 e. The second-order valence-electron chi connectivity index (χ2n) is 7.28. The number of imidazole rings is 1. The van der Waals surface area contributed by atoms with Crippen molar-refractivity contribution in [2.75, 3.05) is 0 Å². The number of aromatic nitrogens is 7. The minimum atomic E-state index is 0.582. The largest absolute Gasteiger partial charge is 0.281 e. The molecule has 1 N–H and O–H groups in total. The zero-order valence-electron chi connectivity index (χ0n) is 17.1. The number of pyridine rings is 1. The average Bonchev–Trinajstić information content (AvgIpc) is 3.42. The Bertz CT molecular complexity index is 1330.